The molecule has 0 spiro atoms. The number of methoxy groups -OCH3 is 1. The van der Waals surface area contributed by atoms with Crippen LogP contribution in [0.1, 0.15) is 48.9 Å². The number of nitrogens with zero attached hydrogens (tertiary/aromatic N) is 1. The number of hydrogen-bond acceptors (Lipinski definition) is 6. The topological polar surface area (TPSA) is 105 Å². The molecule has 0 aromatic heterocycles. The Hall–Kier alpha value is -2.78. The summed E-state index contributed by atoms with van der Waals surface area (Å²) in [6.45, 7) is 0.944. The summed E-state index contributed by atoms with van der Waals surface area (Å²) >= 11 is 0. The van der Waals surface area contributed by atoms with Crippen LogP contribution in [0.5, 0.6) is 17.2 Å². The summed E-state index contributed by atoms with van der Waals surface area (Å²) in [5.41, 5.74) is 0.327. The number of phenolic OH excluding ortho intramolecular Hbond substituents is 1. The van der Waals surface area contributed by atoms with Crippen molar-refractivity contribution in [2.75, 3.05) is 25.5 Å². The number of hydrogen-bond donors (Lipinski definition) is 2. The van der Waals surface area contributed by atoms with Crippen molar-refractivity contribution in [2.45, 2.75) is 49.5 Å². The number of ether oxygens (including phenoxy) is 2. The largest absolute Gasteiger partial charge is 0.506 e. The lowest BCUT2D eigenvalue weighted by molar-refractivity contribution is 0.102. The monoisotopic (exact) mass is 460 g/mol. The highest BCUT2D eigenvalue weighted by Gasteiger charge is 2.28. The van der Waals surface area contributed by atoms with Gasteiger partial charge in [0.2, 0.25) is 10.0 Å². The van der Waals surface area contributed by atoms with Crippen LogP contribution in [0.2, 0.25) is 0 Å². The molecule has 1 saturated heterocycles. The lowest BCUT2D eigenvalue weighted by atomic mass is 10.1. The predicted octanol–water partition coefficient (Wildman–Crippen LogP) is 3.76. The molecule has 1 aliphatic heterocycles. The van der Waals surface area contributed by atoms with E-state index in [1.807, 2.05) is 0 Å². The molecule has 0 atom stereocenters. The number of nitrogens with one attached hydrogen (secondary N) is 1. The van der Waals surface area contributed by atoms with Crippen molar-refractivity contribution >= 4 is 21.6 Å². The second-order valence-electron chi connectivity index (χ2n) is 8.13. The van der Waals surface area contributed by atoms with E-state index in [2.05, 4.69) is 5.32 Å². The van der Waals surface area contributed by atoms with E-state index in [1.165, 1.54) is 29.6 Å². The first-order chi connectivity index (χ1) is 15.4. The molecule has 0 bridgehead atoms. The summed E-state index contributed by atoms with van der Waals surface area (Å²) in [6, 6.07) is 8.79. The average Bonchev–Trinajstić information content (AvgIpc) is 3.50. The van der Waals surface area contributed by atoms with Crippen LogP contribution in [0.3, 0.4) is 0 Å². The fraction of sp³-hybridized carbons (Fsp3) is 0.435. The molecule has 172 valence electrons. The van der Waals surface area contributed by atoms with Crippen LogP contribution in [-0.4, -0.2) is 50.0 Å². The third-order valence-electron chi connectivity index (χ3n) is 5.94. The zero-order valence-corrected chi connectivity index (χ0v) is 18.9. The molecule has 1 heterocycles. The van der Waals surface area contributed by atoms with Crippen LogP contribution in [0.25, 0.3) is 0 Å². The molecular formula is C23H28N2O6S. The molecular weight excluding hydrogens is 432 g/mol. The van der Waals surface area contributed by atoms with Gasteiger partial charge in [-0.05, 0) is 74.9 Å². The van der Waals surface area contributed by atoms with E-state index in [4.69, 9.17) is 9.47 Å². The Morgan fingerprint density at radius 1 is 1.03 bits per heavy atom. The molecule has 2 fully saturated rings. The van der Waals surface area contributed by atoms with Gasteiger partial charge >= 0.3 is 0 Å². The SMILES string of the molecule is COc1cc(C(=O)Nc2cc(S(=O)(=O)N3CCCC3)ccc2O)ccc1OC1CCCC1. The fourth-order valence-corrected chi connectivity index (χ4v) is 5.68. The number of carbonyl (C=O) groups excluding carboxylic acids is 1. The zero-order valence-electron chi connectivity index (χ0n) is 18.0. The molecule has 2 N–H and O–H groups in total. The highest BCUT2D eigenvalue weighted by Crippen LogP contribution is 2.33. The molecule has 0 unspecified atom stereocenters. The van der Waals surface area contributed by atoms with Gasteiger partial charge in [0, 0.05) is 18.7 Å². The summed E-state index contributed by atoms with van der Waals surface area (Å²) in [6.07, 6.45) is 6.09. The summed E-state index contributed by atoms with van der Waals surface area (Å²) in [5.74, 6) is 0.310. The highest BCUT2D eigenvalue weighted by molar-refractivity contribution is 7.89. The molecule has 4 rings (SSSR count). The van der Waals surface area contributed by atoms with Crippen molar-refractivity contribution < 1.29 is 27.8 Å². The summed E-state index contributed by atoms with van der Waals surface area (Å²) in [5, 5.41) is 12.8. The van der Waals surface area contributed by atoms with Gasteiger partial charge in [-0.1, -0.05) is 0 Å². The standard InChI is InChI=1S/C23H28N2O6S/c1-30-22-14-16(8-11-21(22)31-17-6-2-3-7-17)23(27)24-19-15-18(9-10-20(19)26)32(28,29)25-12-4-5-13-25/h8-11,14-15,17,26H,2-7,12-13H2,1H3,(H,24,27). The van der Waals surface area contributed by atoms with E-state index >= 15 is 0 Å². The predicted molar refractivity (Wildman–Crippen MR) is 120 cm³/mol. The molecule has 1 amide bonds. The van der Waals surface area contributed by atoms with Gasteiger partial charge < -0.3 is 19.9 Å². The summed E-state index contributed by atoms with van der Waals surface area (Å²) in [7, 11) is -2.16. The Kier molecular flexibility index (Phi) is 6.57. The minimum Gasteiger partial charge on any atom is -0.506 e. The minimum atomic E-state index is -3.67. The van der Waals surface area contributed by atoms with Crippen molar-refractivity contribution in [3.8, 4) is 17.2 Å². The Labute approximate surface area is 188 Å². The van der Waals surface area contributed by atoms with Crippen LogP contribution in [-0.2, 0) is 10.0 Å². The normalized spacial score (nSPS) is 17.4. The van der Waals surface area contributed by atoms with Gasteiger partial charge in [-0.3, -0.25) is 4.79 Å². The van der Waals surface area contributed by atoms with Gasteiger partial charge in [-0.2, -0.15) is 4.31 Å². The number of phenols is 1. The number of anilines is 1. The van der Waals surface area contributed by atoms with E-state index < -0.39 is 15.9 Å². The molecule has 2 aromatic carbocycles. The van der Waals surface area contributed by atoms with Crippen molar-refractivity contribution in [1.29, 1.82) is 0 Å². The maximum absolute atomic E-state index is 12.8. The van der Waals surface area contributed by atoms with E-state index in [0.717, 1.165) is 38.5 Å². The smallest absolute Gasteiger partial charge is 0.255 e. The Bertz CT molecular complexity index is 1090. The van der Waals surface area contributed by atoms with Gasteiger partial charge in [0.15, 0.2) is 11.5 Å². The number of sulfonamides is 1. The van der Waals surface area contributed by atoms with Crippen LogP contribution in [0.15, 0.2) is 41.3 Å². The summed E-state index contributed by atoms with van der Waals surface area (Å²) in [4.78, 5) is 12.9. The second kappa shape index (κ2) is 9.38. The number of aromatic hydroxyl groups is 1. The maximum Gasteiger partial charge on any atom is 0.255 e. The number of carbonyl (C=O) groups is 1. The molecule has 1 saturated carbocycles. The quantitative estimate of drug-likeness (QED) is 0.610. The third kappa shape index (κ3) is 4.68. The van der Waals surface area contributed by atoms with Gasteiger partial charge in [-0.25, -0.2) is 8.42 Å². The fourth-order valence-electron chi connectivity index (χ4n) is 4.14. The summed E-state index contributed by atoms with van der Waals surface area (Å²) < 4.78 is 38.5. The molecule has 1 aliphatic carbocycles. The van der Waals surface area contributed by atoms with Gasteiger partial charge in [0.25, 0.3) is 5.91 Å². The van der Waals surface area contributed by atoms with Crippen LogP contribution < -0.4 is 14.8 Å². The van der Waals surface area contributed by atoms with E-state index in [1.54, 1.807) is 18.2 Å². The van der Waals surface area contributed by atoms with Crippen molar-refractivity contribution in [3.63, 3.8) is 0 Å². The molecule has 9 heteroatoms. The zero-order chi connectivity index (χ0) is 22.7. The first-order valence-electron chi connectivity index (χ1n) is 10.9. The Morgan fingerprint density at radius 3 is 2.44 bits per heavy atom. The van der Waals surface area contributed by atoms with Crippen molar-refractivity contribution in [2.24, 2.45) is 0 Å². The van der Waals surface area contributed by atoms with E-state index in [-0.39, 0.29) is 22.4 Å². The van der Waals surface area contributed by atoms with Crippen LogP contribution in [0, 0.1) is 0 Å². The minimum absolute atomic E-state index is 0.0283. The van der Waals surface area contributed by atoms with E-state index in [9.17, 15) is 18.3 Å². The van der Waals surface area contributed by atoms with Crippen LogP contribution in [0.4, 0.5) is 5.69 Å². The number of rotatable bonds is 7. The molecule has 0 radical (unpaired) electrons. The number of amides is 1. The molecule has 8 nitrogen and oxygen atoms in total. The second-order valence-corrected chi connectivity index (χ2v) is 10.1. The van der Waals surface area contributed by atoms with Crippen molar-refractivity contribution in [3.05, 3.63) is 42.0 Å². The van der Waals surface area contributed by atoms with Gasteiger partial charge in [-0.15, -0.1) is 0 Å². The van der Waals surface area contributed by atoms with Crippen LogP contribution >= 0.6 is 0 Å². The highest BCUT2D eigenvalue weighted by atomic mass is 32.2. The molecule has 2 aromatic rings. The lowest BCUT2D eigenvalue weighted by Crippen LogP contribution is -2.28. The molecule has 32 heavy (non-hydrogen) atoms. The maximum atomic E-state index is 12.8. The number of benzene rings is 2. The first kappa shape index (κ1) is 22.4. The van der Waals surface area contributed by atoms with Crippen molar-refractivity contribution in [1.82, 2.24) is 4.31 Å². The molecule has 2 aliphatic rings. The average molecular weight is 461 g/mol. The lowest BCUT2D eigenvalue weighted by Gasteiger charge is -2.17. The third-order valence-corrected chi connectivity index (χ3v) is 7.84. The Morgan fingerprint density at radius 2 is 1.75 bits per heavy atom. The Balaban J connectivity index is 1.53. The van der Waals surface area contributed by atoms with Gasteiger partial charge in [0.05, 0.1) is 23.8 Å². The van der Waals surface area contributed by atoms with E-state index in [0.29, 0.717) is 30.2 Å². The first-order valence-corrected chi connectivity index (χ1v) is 12.3. The van der Waals surface area contributed by atoms with Gasteiger partial charge in [0.1, 0.15) is 5.75 Å².